The summed E-state index contributed by atoms with van der Waals surface area (Å²) in [6.07, 6.45) is 2.98. The molecule has 0 amide bonds. The second-order valence-electron chi connectivity index (χ2n) is 5.10. The van der Waals surface area contributed by atoms with E-state index in [1.807, 2.05) is 6.07 Å². The molecular weight excluding hydrogens is 272 g/mol. The summed E-state index contributed by atoms with van der Waals surface area (Å²) >= 11 is 0. The largest absolute Gasteiger partial charge is 0.493 e. The van der Waals surface area contributed by atoms with Crippen LogP contribution >= 0.6 is 0 Å². The van der Waals surface area contributed by atoms with E-state index in [0.29, 0.717) is 11.5 Å². The first-order valence-electron chi connectivity index (χ1n) is 7.11. The number of carbonyl (C=O) groups is 1. The molecule has 0 N–H and O–H groups in total. The highest BCUT2D eigenvalue weighted by atomic mass is 16.6. The highest BCUT2D eigenvalue weighted by molar-refractivity contribution is 5.73. The molecule has 1 aromatic rings. The SMILES string of the molecule is COc1ccc(CC(=O)O[C@H]2CCC[C@@H]2OC)cc1OC. The average Bonchev–Trinajstić information content (AvgIpc) is 2.94. The van der Waals surface area contributed by atoms with Gasteiger partial charge in [-0.3, -0.25) is 4.79 Å². The summed E-state index contributed by atoms with van der Waals surface area (Å²) in [4.78, 5) is 12.0. The van der Waals surface area contributed by atoms with Crippen molar-refractivity contribution >= 4 is 5.97 Å². The lowest BCUT2D eigenvalue weighted by molar-refractivity contribution is -0.153. The summed E-state index contributed by atoms with van der Waals surface area (Å²) in [5.41, 5.74) is 0.838. The Morgan fingerprint density at radius 1 is 1.10 bits per heavy atom. The van der Waals surface area contributed by atoms with Crippen LogP contribution in [0.15, 0.2) is 18.2 Å². The van der Waals surface area contributed by atoms with E-state index in [2.05, 4.69) is 0 Å². The number of hydrogen-bond acceptors (Lipinski definition) is 5. The standard InChI is InChI=1S/C16H22O5/c1-18-12-5-4-6-14(12)21-16(17)10-11-7-8-13(19-2)15(9-11)20-3/h7-9,12,14H,4-6,10H2,1-3H3/t12-,14-/m0/s1. The van der Waals surface area contributed by atoms with Crippen LogP contribution in [0.4, 0.5) is 0 Å². The van der Waals surface area contributed by atoms with Gasteiger partial charge >= 0.3 is 5.97 Å². The molecule has 1 aliphatic carbocycles. The molecule has 0 saturated heterocycles. The smallest absolute Gasteiger partial charge is 0.310 e. The molecule has 0 spiro atoms. The molecule has 116 valence electrons. The molecule has 21 heavy (non-hydrogen) atoms. The van der Waals surface area contributed by atoms with Gasteiger partial charge in [0.2, 0.25) is 0 Å². The van der Waals surface area contributed by atoms with Crippen LogP contribution in [-0.4, -0.2) is 39.5 Å². The van der Waals surface area contributed by atoms with Crippen LogP contribution in [0.5, 0.6) is 11.5 Å². The zero-order valence-corrected chi connectivity index (χ0v) is 12.8. The fraction of sp³-hybridized carbons (Fsp3) is 0.562. The predicted molar refractivity (Wildman–Crippen MR) is 77.8 cm³/mol. The van der Waals surface area contributed by atoms with Crippen LogP contribution in [0, 0.1) is 0 Å². The van der Waals surface area contributed by atoms with E-state index in [1.165, 1.54) is 0 Å². The Kier molecular flexibility index (Phi) is 5.44. The lowest BCUT2D eigenvalue weighted by Gasteiger charge is -2.18. The summed E-state index contributed by atoms with van der Waals surface area (Å²) in [6.45, 7) is 0. The average molecular weight is 294 g/mol. The minimum Gasteiger partial charge on any atom is -0.493 e. The molecule has 2 rings (SSSR count). The Balaban J connectivity index is 1.96. The zero-order valence-electron chi connectivity index (χ0n) is 12.8. The lowest BCUT2D eigenvalue weighted by atomic mass is 10.1. The van der Waals surface area contributed by atoms with Crippen molar-refractivity contribution in [2.24, 2.45) is 0 Å². The molecule has 5 heteroatoms. The second-order valence-corrected chi connectivity index (χ2v) is 5.10. The van der Waals surface area contributed by atoms with E-state index in [-0.39, 0.29) is 24.6 Å². The molecule has 1 aromatic carbocycles. The maximum Gasteiger partial charge on any atom is 0.310 e. The normalized spacial score (nSPS) is 21.1. The van der Waals surface area contributed by atoms with Crippen molar-refractivity contribution in [1.82, 2.24) is 0 Å². The van der Waals surface area contributed by atoms with E-state index in [1.54, 1.807) is 33.5 Å². The Morgan fingerprint density at radius 3 is 2.48 bits per heavy atom. The Labute approximate surface area is 125 Å². The number of rotatable bonds is 6. The predicted octanol–water partition coefficient (Wildman–Crippen LogP) is 2.36. The van der Waals surface area contributed by atoms with Gasteiger partial charge < -0.3 is 18.9 Å². The van der Waals surface area contributed by atoms with Gasteiger partial charge in [0.1, 0.15) is 6.10 Å². The number of methoxy groups -OCH3 is 3. The summed E-state index contributed by atoms with van der Waals surface area (Å²) in [5, 5.41) is 0. The van der Waals surface area contributed by atoms with E-state index >= 15 is 0 Å². The second kappa shape index (κ2) is 7.31. The number of benzene rings is 1. The summed E-state index contributed by atoms with van der Waals surface area (Å²) in [7, 11) is 4.81. The van der Waals surface area contributed by atoms with E-state index in [4.69, 9.17) is 18.9 Å². The molecule has 0 radical (unpaired) electrons. The van der Waals surface area contributed by atoms with Gasteiger partial charge in [-0.25, -0.2) is 0 Å². The minimum absolute atomic E-state index is 0.0272. The van der Waals surface area contributed by atoms with Crippen LogP contribution in [0.2, 0.25) is 0 Å². The van der Waals surface area contributed by atoms with Crippen molar-refractivity contribution in [2.45, 2.75) is 37.9 Å². The summed E-state index contributed by atoms with van der Waals surface area (Å²) in [5.74, 6) is 1.01. The number of esters is 1. The van der Waals surface area contributed by atoms with Crippen LogP contribution in [0.25, 0.3) is 0 Å². The summed E-state index contributed by atoms with van der Waals surface area (Å²) < 4.78 is 21.2. The highest BCUT2D eigenvalue weighted by Gasteiger charge is 2.30. The maximum absolute atomic E-state index is 12.0. The fourth-order valence-electron chi connectivity index (χ4n) is 2.66. The first-order valence-corrected chi connectivity index (χ1v) is 7.11. The van der Waals surface area contributed by atoms with Crippen molar-refractivity contribution in [3.8, 4) is 11.5 Å². The quantitative estimate of drug-likeness (QED) is 0.754. The third-order valence-corrected chi connectivity index (χ3v) is 3.77. The molecular formula is C16H22O5. The van der Waals surface area contributed by atoms with E-state index < -0.39 is 0 Å². The van der Waals surface area contributed by atoms with Gasteiger partial charge in [0.15, 0.2) is 11.5 Å². The van der Waals surface area contributed by atoms with Crippen molar-refractivity contribution < 1.29 is 23.7 Å². The van der Waals surface area contributed by atoms with Crippen molar-refractivity contribution in [3.63, 3.8) is 0 Å². The van der Waals surface area contributed by atoms with Gasteiger partial charge in [0.25, 0.3) is 0 Å². The number of carbonyl (C=O) groups excluding carboxylic acids is 1. The molecule has 2 atom stereocenters. The highest BCUT2D eigenvalue weighted by Crippen LogP contribution is 2.28. The molecule has 0 unspecified atom stereocenters. The van der Waals surface area contributed by atoms with Gasteiger partial charge in [-0.15, -0.1) is 0 Å². The zero-order chi connectivity index (χ0) is 15.2. The third kappa shape index (κ3) is 3.88. The number of hydrogen-bond donors (Lipinski definition) is 0. The van der Waals surface area contributed by atoms with Crippen LogP contribution in [0.1, 0.15) is 24.8 Å². The molecule has 5 nitrogen and oxygen atoms in total. The molecule has 0 heterocycles. The van der Waals surface area contributed by atoms with Gasteiger partial charge in [0.05, 0.1) is 26.7 Å². The Bertz CT molecular complexity index is 486. The molecule has 0 bridgehead atoms. The monoisotopic (exact) mass is 294 g/mol. The topological polar surface area (TPSA) is 54.0 Å². The first kappa shape index (κ1) is 15.6. The Hall–Kier alpha value is -1.75. The minimum atomic E-state index is -0.240. The number of ether oxygens (including phenoxy) is 4. The molecule has 0 aliphatic heterocycles. The van der Waals surface area contributed by atoms with Crippen LogP contribution < -0.4 is 9.47 Å². The molecule has 1 saturated carbocycles. The Morgan fingerprint density at radius 2 is 1.81 bits per heavy atom. The van der Waals surface area contributed by atoms with Crippen molar-refractivity contribution in [3.05, 3.63) is 23.8 Å². The molecule has 1 fully saturated rings. The first-order chi connectivity index (χ1) is 10.2. The summed E-state index contributed by atoms with van der Waals surface area (Å²) in [6, 6.07) is 5.42. The van der Waals surface area contributed by atoms with E-state index in [0.717, 1.165) is 24.8 Å². The lowest BCUT2D eigenvalue weighted by Crippen LogP contribution is -2.28. The van der Waals surface area contributed by atoms with Crippen LogP contribution in [0.3, 0.4) is 0 Å². The molecule has 1 aliphatic rings. The maximum atomic E-state index is 12.0. The van der Waals surface area contributed by atoms with Gasteiger partial charge in [0, 0.05) is 7.11 Å². The fourth-order valence-corrected chi connectivity index (χ4v) is 2.66. The van der Waals surface area contributed by atoms with Crippen molar-refractivity contribution in [2.75, 3.05) is 21.3 Å². The van der Waals surface area contributed by atoms with Gasteiger partial charge in [-0.05, 0) is 37.0 Å². The van der Waals surface area contributed by atoms with Crippen molar-refractivity contribution in [1.29, 1.82) is 0 Å². The van der Waals surface area contributed by atoms with E-state index in [9.17, 15) is 4.79 Å². The van der Waals surface area contributed by atoms with Gasteiger partial charge in [-0.2, -0.15) is 0 Å². The molecule has 0 aromatic heterocycles. The third-order valence-electron chi connectivity index (χ3n) is 3.77. The van der Waals surface area contributed by atoms with Gasteiger partial charge in [-0.1, -0.05) is 6.07 Å². The van der Waals surface area contributed by atoms with Crippen LogP contribution in [-0.2, 0) is 20.7 Å².